The fraction of sp³-hybridized carbons (Fsp3) is 0.0828. The normalized spacial score (nSPS) is 13.7. The molecule has 0 spiro atoms. The number of hydrogen-bond donors (Lipinski definition) is 0. The first kappa shape index (κ1) is 89.3. The lowest BCUT2D eigenvalue weighted by atomic mass is 9.82. The molecule has 4 aliphatic rings. The molecule has 5 heteroatoms. The molecule has 24 aromatic carbocycles. The van der Waals surface area contributed by atoms with Crippen LogP contribution in [0, 0.1) is 0 Å². The zero-order chi connectivity index (χ0) is 101. The fourth-order valence-electron chi connectivity index (χ4n) is 25.9. The van der Waals surface area contributed by atoms with Crippen molar-refractivity contribution in [2.45, 2.75) is 77.0 Å². The Morgan fingerprint density at radius 1 is 0.147 bits per heavy atom. The van der Waals surface area contributed by atoms with Crippen molar-refractivity contribution >= 4 is 155 Å². The maximum absolute atomic E-state index is 5.49. The van der Waals surface area contributed by atoms with E-state index in [1.165, 1.54) is 176 Å². The molecule has 5 nitrogen and oxygen atoms in total. The first-order valence-electron chi connectivity index (χ1n) is 52.6. The Labute approximate surface area is 875 Å². The van der Waals surface area contributed by atoms with Crippen LogP contribution in [0.3, 0.4) is 0 Å². The quantitative estimate of drug-likeness (QED) is 0.0953. The lowest BCUT2D eigenvalue weighted by molar-refractivity contribution is 0.660. The zero-order valence-corrected chi connectivity index (χ0v) is 85.2. The Morgan fingerprint density at radius 3 is 0.873 bits per heavy atom. The van der Waals surface area contributed by atoms with Gasteiger partial charge in [0.1, 0.15) is 0 Å². The summed E-state index contributed by atoms with van der Waals surface area (Å²) in [5.74, 6) is 0. The van der Waals surface area contributed by atoms with Gasteiger partial charge in [0.05, 0.1) is 39.6 Å². The van der Waals surface area contributed by atoms with Crippen LogP contribution in [0.2, 0.25) is 0 Å². The Bertz CT molecular complexity index is 9860. The predicted molar refractivity (Wildman–Crippen MR) is 636 cm³/mol. The van der Waals surface area contributed by atoms with Crippen molar-refractivity contribution in [1.82, 2.24) is 4.98 Å². The first-order chi connectivity index (χ1) is 73.4. The molecule has 1 heterocycles. The molecule has 0 atom stereocenters. The van der Waals surface area contributed by atoms with Crippen molar-refractivity contribution in [2.24, 2.45) is 0 Å². The van der Waals surface area contributed by atoms with Crippen molar-refractivity contribution in [3.05, 3.63) is 548 Å². The van der Waals surface area contributed by atoms with E-state index in [-0.39, 0.29) is 21.7 Å². The number of fused-ring (bicyclic) bond motifs is 22. The lowest BCUT2D eigenvalue weighted by Crippen LogP contribution is -2.17. The second kappa shape index (κ2) is 34.7. The van der Waals surface area contributed by atoms with Gasteiger partial charge in [-0.2, -0.15) is 0 Å². The number of hydrogen-bond acceptors (Lipinski definition) is 5. The Morgan fingerprint density at radius 2 is 0.433 bits per heavy atom. The number of aromatic nitrogens is 1. The molecule has 0 aliphatic heterocycles. The van der Waals surface area contributed by atoms with E-state index in [1.807, 2.05) is 0 Å². The third kappa shape index (κ3) is 14.2. The number of pyridine rings is 1. The van der Waals surface area contributed by atoms with Crippen molar-refractivity contribution < 1.29 is 0 Å². The molecule has 0 saturated heterocycles. The van der Waals surface area contributed by atoms with E-state index in [2.05, 4.69) is 578 Å². The molecule has 25 aromatic rings. The van der Waals surface area contributed by atoms with Crippen molar-refractivity contribution in [2.75, 3.05) is 19.6 Å². The van der Waals surface area contributed by atoms with Crippen LogP contribution in [-0.4, -0.2) is 4.98 Å². The third-order valence-electron chi connectivity index (χ3n) is 33.4. The zero-order valence-electron chi connectivity index (χ0n) is 85.2. The number of rotatable bonds is 15. The summed E-state index contributed by atoms with van der Waals surface area (Å²) in [6, 6.07) is 187. The molecule has 0 saturated carbocycles. The van der Waals surface area contributed by atoms with Gasteiger partial charge in [-0.1, -0.05) is 432 Å². The van der Waals surface area contributed by atoms with Crippen LogP contribution in [0.15, 0.2) is 504 Å². The van der Waals surface area contributed by atoms with Crippen LogP contribution in [0.25, 0.3) is 164 Å². The summed E-state index contributed by atoms with van der Waals surface area (Å²) in [6.07, 6.45) is 0. The Hall–Kier alpha value is -18.3. The van der Waals surface area contributed by atoms with Crippen LogP contribution in [0.5, 0.6) is 0 Å². The number of anilines is 12. The van der Waals surface area contributed by atoms with Gasteiger partial charge in [-0.15, -0.1) is 0 Å². The van der Waals surface area contributed by atoms with Gasteiger partial charge >= 0.3 is 0 Å². The van der Waals surface area contributed by atoms with Crippen molar-refractivity contribution in [3.8, 4) is 78.0 Å². The van der Waals surface area contributed by atoms with Crippen LogP contribution >= 0.6 is 0 Å². The van der Waals surface area contributed by atoms with Gasteiger partial charge in [0.2, 0.25) is 0 Å². The number of benzene rings is 24. The molecule has 4 aliphatic carbocycles. The van der Waals surface area contributed by atoms with E-state index >= 15 is 0 Å². The van der Waals surface area contributed by atoms with Gasteiger partial charge in [0, 0.05) is 99.4 Å². The van der Waals surface area contributed by atoms with E-state index in [1.54, 1.807) is 0 Å². The van der Waals surface area contributed by atoms with Gasteiger partial charge in [0.15, 0.2) is 0 Å². The largest absolute Gasteiger partial charge is 0.310 e. The summed E-state index contributed by atoms with van der Waals surface area (Å²) in [4.78, 5) is 15.4. The summed E-state index contributed by atoms with van der Waals surface area (Å²) in [5, 5.41) is 18.2. The van der Waals surface area contributed by atoms with Crippen LogP contribution in [0.1, 0.15) is 99.9 Å². The van der Waals surface area contributed by atoms with Gasteiger partial charge in [-0.05, 0) is 287 Å². The minimum atomic E-state index is -0.156. The van der Waals surface area contributed by atoms with E-state index in [9.17, 15) is 0 Å². The molecule has 0 amide bonds. The van der Waals surface area contributed by atoms with Crippen LogP contribution in [0.4, 0.5) is 68.2 Å². The monoisotopic (exact) mass is 1920 g/mol. The van der Waals surface area contributed by atoms with Crippen LogP contribution < -0.4 is 19.6 Å². The molecule has 1 aromatic heterocycles. The lowest BCUT2D eigenvalue weighted by Gasteiger charge is -2.31. The van der Waals surface area contributed by atoms with Crippen molar-refractivity contribution in [3.63, 3.8) is 0 Å². The SMILES string of the molecule is CC1(C)c2ccccc2-c2ccc(N(c3ccc(-c4cc(-c5ccccc5)c5cc(N(c6ccc7c(c6)C(C)(C)c6ccccc6-7)c6cccc7ccccc67)ccc5n4)cc3)c3cccc4ccccc34)cc21.CC1(C)c2ccccc2-c2ccc(N(c3ccc(-c4ccc(N(c5ccc6c(c5)C(C)(C)c5ccccc5-6)c5cc6ccccc6c6ccccc56)c5ccccc45)cc3)c3cc4ccccc4c4ccccc34)cc21. The summed E-state index contributed by atoms with van der Waals surface area (Å²) in [5.41, 5.74) is 42.0. The highest BCUT2D eigenvalue weighted by Gasteiger charge is 2.42. The molecule has 712 valence electrons. The molecule has 150 heavy (non-hydrogen) atoms. The third-order valence-corrected chi connectivity index (χ3v) is 33.4. The average molecular weight is 1920 g/mol. The summed E-state index contributed by atoms with van der Waals surface area (Å²) in [7, 11) is 0. The van der Waals surface area contributed by atoms with Crippen LogP contribution in [-0.2, 0) is 21.7 Å². The second-order valence-electron chi connectivity index (χ2n) is 43.2. The maximum Gasteiger partial charge on any atom is 0.0717 e. The highest BCUT2D eigenvalue weighted by molar-refractivity contribution is 6.19. The van der Waals surface area contributed by atoms with E-state index in [4.69, 9.17) is 4.98 Å². The van der Waals surface area contributed by atoms with E-state index in [0.717, 1.165) is 102 Å². The van der Waals surface area contributed by atoms with Gasteiger partial charge < -0.3 is 19.6 Å². The van der Waals surface area contributed by atoms with E-state index < -0.39 is 0 Å². The number of nitrogens with zero attached hydrogens (tertiary/aromatic N) is 5. The van der Waals surface area contributed by atoms with Gasteiger partial charge in [-0.25, -0.2) is 4.98 Å². The minimum Gasteiger partial charge on any atom is -0.310 e. The molecular weight excluding hydrogens is 1810 g/mol. The first-order valence-corrected chi connectivity index (χ1v) is 52.6. The van der Waals surface area contributed by atoms with E-state index in [0.29, 0.717) is 0 Å². The Balaban J connectivity index is 0.000000144. The molecule has 29 rings (SSSR count). The topological polar surface area (TPSA) is 25.9 Å². The second-order valence-corrected chi connectivity index (χ2v) is 43.2. The molecular formula is C145H107N5. The molecule has 0 unspecified atom stereocenters. The highest BCUT2D eigenvalue weighted by Crippen LogP contribution is 2.59. The predicted octanol–water partition coefficient (Wildman–Crippen LogP) is 40.1. The van der Waals surface area contributed by atoms with Gasteiger partial charge in [0.25, 0.3) is 0 Å². The summed E-state index contributed by atoms with van der Waals surface area (Å²) < 4.78 is 0. The van der Waals surface area contributed by atoms with Crippen molar-refractivity contribution in [1.29, 1.82) is 0 Å². The Kier molecular flexibility index (Phi) is 20.7. The summed E-state index contributed by atoms with van der Waals surface area (Å²) in [6.45, 7) is 18.9. The molecule has 0 N–H and O–H groups in total. The molecule has 0 fully saturated rings. The standard InChI is InChI=1S/C74H54N2.C71H53N3/c1-73(2)66-31-17-15-26-59(66)61-39-37-51(45-68(61)73)75(71-43-48-19-5-7-21-53(48)56-23-10-13-29-64(56)71)50-35-33-47(34-36-50)55-41-42-70(63-28-12-9-25-58(55)63)76(72-44-49-20-6-8-22-54(49)57-24-11-14-30-65(57)72)52-38-40-62-60-27-16-18-32-67(60)74(3,4)69(62)46-52;1-70(2)62-28-14-12-26-56(62)58-39-36-52(43-64(58)70)73(68-30-16-22-46-20-8-10-24-54(46)68)50-34-32-49(33-35-50)67-45-60(48-18-6-5-7-19-48)61-42-51(38-41-66(61)72-67)74(69-31-17-23-47-21-9-11-25-55(47)69)53-37-40-59-57-27-13-15-29-63(57)71(3,4)65(59)44-53/h5-46H,1-4H3;5-45H,1-4H3. The average Bonchev–Trinajstić information content (AvgIpc) is 1.53. The highest BCUT2D eigenvalue weighted by atomic mass is 15.2. The van der Waals surface area contributed by atoms with Gasteiger partial charge in [-0.3, -0.25) is 0 Å². The summed E-state index contributed by atoms with van der Waals surface area (Å²) >= 11 is 0. The molecule has 0 bridgehead atoms. The maximum atomic E-state index is 5.49. The fourth-order valence-corrected chi connectivity index (χ4v) is 25.9. The smallest absolute Gasteiger partial charge is 0.0717 e. The minimum absolute atomic E-state index is 0.130. The molecule has 0 radical (unpaired) electrons.